The first-order valence-electron chi connectivity index (χ1n) is 7.85. The number of nitriles is 1. The van der Waals surface area contributed by atoms with E-state index in [1.807, 2.05) is 0 Å². The summed E-state index contributed by atoms with van der Waals surface area (Å²) < 4.78 is 0. The minimum absolute atomic E-state index is 0.0389. The Labute approximate surface area is 129 Å². The minimum atomic E-state index is 0.0389. The molecule has 0 saturated carbocycles. The number of amides is 1. The average molecular weight is 303 g/mol. The third-order valence-corrected chi connectivity index (χ3v) is 5.60. The molecule has 0 atom stereocenters. The highest BCUT2D eigenvalue weighted by molar-refractivity contribution is 7.16. The predicted molar refractivity (Wildman–Crippen MR) is 84.6 cm³/mol. The maximum Gasteiger partial charge on any atom is 0.226 e. The van der Waals surface area contributed by atoms with Crippen LogP contribution >= 0.6 is 11.3 Å². The largest absolute Gasteiger partial charge is 0.317 e. The molecule has 2 heterocycles. The summed E-state index contributed by atoms with van der Waals surface area (Å²) in [5.41, 5.74) is 1.88. The highest BCUT2D eigenvalue weighted by Gasteiger charge is 2.23. The zero-order valence-electron chi connectivity index (χ0n) is 12.3. The average Bonchev–Trinajstić information content (AvgIpc) is 3.06. The van der Waals surface area contributed by atoms with E-state index in [2.05, 4.69) is 16.3 Å². The number of carbonyl (C=O) groups excluding carboxylic acids is 1. The molecule has 112 valence electrons. The fourth-order valence-corrected chi connectivity index (χ4v) is 4.50. The molecule has 0 radical (unpaired) electrons. The van der Waals surface area contributed by atoms with Gasteiger partial charge in [0.05, 0.1) is 5.56 Å². The van der Waals surface area contributed by atoms with Crippen LogP contribution in [-0.4, -0.2) is 30.4 Å². The van der Waals surface area contributed by atoms with Gasteiger partial charge in [-0.2, -0.15) is 5.26 Å². The molecule has 1 fully saturated rings. The maximum atomic E-state index is 12.1. The lowest BCUT2D eigenvalue weighted by molar-refractivity contribution is -0.116. The Kier molecular flexibility index (Phi) is 4.57. The second kappa shape index (κ2) is 6.59. The molecule has 1 amide bonds. The Morgan fingerprint density at radius 2 is 2.05 bits per heavy atom. The summed E-state index contributed by atoms with van der Waals surface area (Å²) in [6.45, 7) is 3.06. The third kappa shape index (κ3) is 3.28. The number of aryl methyl sites for hydroxylation is 1. The molecule has 0 aromatic carbocycles. The van der Waals surface area contributed by atoms with Gasteiger partial charge in [-0.3, -0.25) is 4.79 Å². The SMILES string of the molecule is N#Cc1c(NC(=O)CCN2CCCCC2)sc2c1CCC2. The molecule has 21 heavy (non-hydrogen) atoms. The van der Waals surface area contributed by atoms with Gasteiger partial charge in [0, 0.05) is 17.8 Å². The monoisotopic (exact) mass is 303 g/mol. The zero-order chi connectivity index (χ0) is 14.7. The van der Waals surface area contributed by atoms with Crippen molar-refractivity contribution < 1.29 is 4.79 Å². The van der Waals surface area contributed by atoms with Crippen molar-refractivity contribution in [2.24, 2.45) is 0 Å². The van der Waals surface area contributed by atoms with E-state index in [-0.39, 0.29) is 5.91 Å². The normalized spacial score (nSPS) is 18.2. The Morgan fingerprint density at radius 1 is 1.24 bits per heavy atom. The second-order valence-electron chi connectivity index (χ2n) is 5.87. The van der Waals surface area contributed by atoms with Crippen LogP contribution < -0.4 is 5.32 Å². The van der Waals surface area contributed by atoms with E-state index in [9.17, 15) is 10.1 Å². The molecule has 0 spiro atoms. The number of hydrogen-bond donors (Lipinski definition) is 1. The highest BCUT2D eigenvalue weighted by Crippen LogP contribution is 2.38. The summed E-state index contributed by atoms with van der Waals surface area (Å²) >= 11 is 1.59. The van der Waals surface area contributed by atoms with E-state index in [0.29, 0.717) is 12.0 Å². The summed E-state index contributed by atoms with van der Waals surface area (Å²) in [6.07, 6.45) is 7.51. The van der Waals surface area contributed by atoms with Gasteiger partial charge in [0.15, 0.2) is 0 Å². The summed E-state index contributed by atoms with van der Waals surface area (Å²) in [7, 11) is 0. The number of anilines is 1. The Morgan fingerprint density at radius 3 is 2.81 bits per heavy atom. The second-order valence-corrected chi connectivity index (χ2v) is 6.98. The number of likely N-dealkylation sites (tertiary alicyclic amines) is 1. The number of piperidine rings is 1. The first-order chi connectivity index (χ1) is 10.3. The van der Waals surface area contributed by atoms with Crippen LogP contribution in [0.3, 0.4) is 0 Å². The molecule has 2 aliphatic rings. The van der Waals surface area contributed by atoms with Crippen molar-refractivity contribution in [1.29, 1.82) is 5.26 Å². The topological polar surface area (TPSA) is 56.1 Å². The van der Waals surface area contributed by atoms with Crippen molar-refractivity contribution in [3.8, 4) is 6.07 Å². The van der Waals surface area contributed by atoms with Gasteiger partial charge in [-0.25, -0.2) is 0 Å². The van der Waals surface area contributed by atoms with Gasteiger partial charge in [-0.1, -0.05) is 6.42 Å². The number of rotatable bonds is 4. The molecule has 3 rings (SSSR count). The van der Waals surface area contributed by atoms with Crippen molar-refractivity contribution in [2.75, 3.05) is 25.0 Å². The van der Waals surface area contributed by atoms with Crippen LogP contribution in [0.5, 0.6) is 0 Å². The standard InChI is InChI=1S/C16H21N3OS/c17-11-13-12-5-4-6-14(12)21-16(13)18-15(20)7-10-19-8-2-1-3-9-19/h1-10H2,(H,18,20). The van der Waals surface area contributed by atoms with Crippen LogP contribution in [0.2, 0.25) is 0 Å². The number of nitrogens with zero attached hydrogens (tertiary/aromatic N) is 2. The van der Waals surface area contributed by atoms with Gasteiger partial charge in [0.2, 0.25) is 5.91 Å². The van der Waals surface area contributed by atoms with Crippen molar-refractivity contribution in [3.63, 3.8) is 0 Å². The van der Waals surface area contributed by atoms with Crippen LogP contribution in [-0.2, 0) is 17.6 Å². The molecule has 5 heteroatoms. The lowest BCUT2D eigenvalue weighted by Gasteiger charge is -2.25. The fourth-order valence-electron chi connectivity index (χ4n) is 3.24. The summed E-state index contributed by atoms with van der Waals surface area (Å²) in [5, 5.41) is 13.0. The van der Waals surface area contributed by atoms with Crippen LogP contribution in [0.4, 0.5) is 5.00 Å². The molecule has 1 aromatic heterocycles. The van der Waals surface area contributed by atoms with Crippen LogP contribution in [0.25, 0.3) is 0 Å². The van der Waals surface area contributed by atoms with Gasteiger partial charge in [0.1, 0.15) is 11.1 Å². The molecule has 4 nitrogen and oxygen atoms in total. The molecule has 1 aromatic rings. The first kappa shape index (κ1) is 14.6. The van der Waals surface area contributed by atoms with E-state index in [1.54, 1.807) is 11.3 Å². The van der Waals surface area contributed by atoms with Gasteiger partial charge in [-0.05, 0) is 50.8 Å². The number of hydrogen-bond acceptors (Lipinski definition) is 4. The lowest BCUT2D eigenvalue weighted by Crippen LogP contribution is -2.32. The van der Waals surface area contributed by atoms with Gasteiger partial charge in [0.25, 0.3) is 0 Å². The Balaban J connectivity index is 1.56. The lowest BCUT2D eigenvalue weighted by atomic mass is 10.1. The zero-order valence-corrected chi connectivity index (χ0v) is 13.1. The van der Waals surface area contributed by atoms with E-state index in [1.165, 1.54) is 29.7 Å². The highest BCUT2D eigenvalue weighted by atomic mass is 32.1. The number of nitrogens with one attached hydrogen (secondary N) is 1. The Bertz CT molecular complexity index is 567. The van der Waals surface area contributed by atoms with Gasteiger partial charge in [-0.15, -0.1) is 11.3 Å². The molecular weight excluding hydrogens is 282 g/mol. The van der Waals surface area contributed by atoms with E-state index in [4.69, 9.17) is 0 Å². The molecule has 0 unspecified atom stereocenters. The van der Waals surface area contributed by atoms with Crippen molar-refractivity contribution in [3.05, 3.63) is 16.0 Å². The maximum absolute atomic E-state index is 12.1. The third-order valence-electron chi connectivity index (χ3n) is 4.39. The van der Waals surface area contributed by atoms with E-state index in [0.717, 1.165) is 43.9 Å². The molecular formula is C16H21N3OS. The molecule has 1 aliphatic carbocycles. The van der Waals surface area contributed by atoms with Crippen LogP contribution in [0, 0.1) is 11.3 Å². The smallest absolute Gasteiger partial charge is 0.226 e. The summed E-state index contributed by atoms with van der Waals surface area (Å²) in [5.74, 6) is 0.0389. The molecule has 0 bridgehead atoms. The summed E-state index contributed by atoms with van der Waals surface area (Å²) in [4.78, 5) is 15.8. The first-order valence-corrected chi connectivity index (χ1v) is 8.66. The predicted octanol–water partition coefficient (Wildman–Crippen LogP) is 2.92. The Hall–Kier alpha value is -1.38. The molecule has 1 N–H and O–H groups in total. The molecule has 1 aliphatic heterocycles. The minimum Gasteiger partial charge on any atom is -0.317 e. The fraction of sp³-hybridized carbons (Fsp3) is 0.625. The quantitative estimate of drug-likeness (QED) is 0.930. The van der Waals surface area contributed by atoms with Crippen molar-refractivity contribution in [1.82, 2.24) is 4.90 Å². The van der Waals surface area contributed by atoms with Gasteiger partial charge < -0.3 is 10.2 Å². The number of thiophene rings is 1. The van der Waals surface area contributed by atoms with Crippen molar-refractivity contribution in [2.45, 2.75) is 44.9 Å². The van der Waals surface area contributed by atoms with Crippen LogP contribution in [0.15, 0.2) is 0 Å². The van der Waals surface area contributed by atoms with Gasteiger partial charge >= 0.3 is 0 Å². The number of carbonyl (C=O) groups is 1. The molecule has 1 saturated heterocycles. The van der Waals surface area contributed by atoms with Crippen LogP contribution in [0.1, 0.15) is 48.1 Å². The van der Waals surface area contributed by atoms with Crippen molar-refractivity contribution >= 4 is 22.2 Å². The summed E-state index contributed by atoms with van der Waals surface area (Å²) in [6, 6.07) is 2.27. The van der Waals surface area contributed by atoms with E-state index >= 15 is 0 Å². The number of fused-ring (bicyclic) bond motifs is 1. The van der Waals surface area contributed by atoms with E-state index < -0.39 is 0 Å².